The topological polar surface area (TPSA) is 88.9 Å². The summed E-state index contributed by atoms with van der Waals surface area (Å²) in [4.78, 5) is 26.7. The summed E-state index contributed by atoms with van der Waals surface area (Å²) < 4.78 is 26.6. The van der Waals surface area contributed by atoms with E-state index in [1.165, 1.54) is 24.3 Å². The van der Waals surface area contributed by atoms with Crippen molar-refractivity contribution in [2.45, 2.75) is 18.3 Å². The maximum atomic E-state index is 12.6. The second-order valence-electron chi connectivity index (χ2n) is 4.57. The van der Waals surface area contributed by atoms with Crippen molar-refractivity contribution in [3.05, 3.63) is 36.9 Å². The Morgan fingerprint density at radius 1 is 1.30 bits per heavy atom. The first-order chi connectivity index (χ1) is 10.8. The second kappa shape index (κ2) is 6.69. The first-order valence-electron chi connectivity index (χ1n) is 6.41. The zero-order chi connectivity index (χ0) is 17.0. The molecule has 1 aromatic carbocycles. The van der Waals surface area contributed by atoms with Gasteiger partial charge in [0.25, 0.3) is 0 Å². The molecule has 2 N–H and O–H groups in total. The van der Waals surface area contributed by atoms with Gasteiger partial charge in [-0.3, -0.25) is 9.59 Å². The summed E-state index contributed by atoms with van der Waals surface area (Å²) in [5.41, 5.74) is 1.15. The predicted octanol–water partition coefficient (Wildman–Crippen LogP) is 1.54. The lowest BCUT2D eigenvalue weighted by Gasteiger charge is -2.16. The highest BCUT2D eigenvalue weighted by Gasteiger charge is 2.37. The van der Waals surface area contributed by atoms with Crippen LogP contribution in [0, 0.1) is 0 Å². The van der Waals surface area contributed by atoms with E-state index in [0.29, 0.717) is 5.69 Å². The van der Waals surface area contributed by atoms with E-state index >= 15 is 0 Å². The lowest BCUT2D eigenvalue weighted by molar-refractivity contribution is -0.138. The molecule has 0 saturated heterocycles. The smallest absolute Gasteiger partial charge is 0.338 e. The fraction of sp³-hybridized carbons (Fsp3) is 0.231. The van der Waals surface area contributed by atoms with Gasteiger partial charge in [0.05, 0.1) is 5.69 Å². The summed E-state index contributed by atoms with van der Waals surface area (Å²) >= 11 is 4.57. The first-order valence-corrected chi connectivity index (χ1v) is 6.79. The van der Waals surface area contributed by atoms with E-state index in [0.717, 1.165) is 5.69 Å². The highest BCUT2D eigenvalue weighted by Crippen LogP contribution is 2.18. The predicted molar refractivity (Wildman–Crippen MR) is 78.4 cm³/mol. The maximum absolute atomic E-state index is 12.6. The van der Waals surface area contributed by atoms with Crippen molar-refractivity contribution in [1.29, 1.82) is 0 Å². The molecule has 0 bridgehead atoms. The van der Waals surface area contributed by atoms with Crippen LogP contribution in [0.25, 0.3) is 5.69 Å². The molecule has 0 radical (unpaired) electrons. The van der Waals surface area contributed by atoms with Crippen LogP contribution in [0.5, 0.6) is 0 Å². The Bertz CT molecular complexity index is 685. The number of alkyl halides is 3. The molecule has 10 heteroatoms. The zero-order valence-electron chi connectivity index (χ0n) is 11.8. The normalized spacial score (nSPS) is 12.5. The summed E-state index contributed by atoms with van der Waals surface area (Å²) in [7, 11) is 0. The Morgan fingerprint density at radius 3 is 2.48 bits per heavy atom. The summed E-state index contributed by atoms with van der Waals surface area (Å²) in [5.74, 6) is -2.39. The summed E-state index contributed by atoms with van der Waals surface area (Å²) in [6, 6.07) is 5.38. The van der Waals surface area contributed by atoms with Gasteiger partial charge in [-0.1, -0.05) is 0 Å². The van der Waals surface area contributed by atoms with Gasteiger partial charge in [-0.05, 0) is 42.8 Å². The molecule has 2 rings (SSSR count). The highest BCUT2D eigenvalue weighted by molar-refractivity contribution is 6.32. The molecule has 1 atom stereocenters. The van der Waals surface area contributed by atoms with Gasteiger partial charge in [0, 0.05) is 5.69 Å². The van der Waals surface area contributed by atoms with Gasteiger partial charge in [0.2, 0.25) is 5.91 Å². The Balaban J connectivity index is 1.96. The van der Waals surface area contributed by atoms with Crippen molar-refractivity contribution in [3.8, 4) is 5.69 Å². The number of rotatable bonds is 5. The number of amides is 2. The molecule has 0 aliphatic rings. The van der Waals surface area contributed by atoms with Crippen molar-refractivity contribution in [3.63, 3.8) is 0 Å². The molecule has 0 spiro atoms. The standard InChI is InChI=1S/C13H12ClF2N5O2/c1-8(19-12(23)13(14,15)16)11(22)20-9-2-4-10(5-3-9)21-7-17-6-18-21/h2-8H,1H3,(H,19,23)(H,20,22)/t8-/m1/s1. The molecule has 2 aromatic rings. The fourth-order valence-corrected chi connectivity index (χ4v) is 1.69. The summed E-state index contributed by atoms with van der Waals surface area (Å²) in [6.07, 6.45) is 2.89. The van der Waals surface area contributed by atoms with Gasteiger partial charge in [0.1, 0.15) is 18.7 Å². The maximum Gasteiger partial charge on any atom is 0.399 e. The van der Waals surface area contributed by atoms with Crippen molar-refractivity contribution in [2.75, 3.05) is 5.32 Å². The molecule has 0 unspecified atom stereocenters. The average Bonchev–Trinajstić information content (AvgIpc) is 3.01. The first kappa shape index (κ1) is 16.8. The van der Waals surface area contributed by atoms with Gasteiger partial charge in [-0.25, -0.2) is 9.67 Å². The third-order valence-electron chi connectivity index (χ3n) is 2.82. The average molecular weight is 344 g/mol. The van der Waals surface area contributed by atoms with Crippen LogP contribution in [0.1, 0.15) is 6.92 Å². The van der Waals surface area contributed by atoms with Crippen LogP contribution >= 0.6 is 11.6 Å². The van der Waals surface area contributed by atoms with Crippen LogP contribution in [0.2, 0.25) is 0 Å². The fourth-order valence-electron chi connectivity index (χ4n) is 1.63. The Labute approximate surface area is 134 Å². The molecular formula is C13H12ClF2N5O2. The third kappa shape index (κ3) is 4.46. The lowest BCUT2D eigenvalue weighted by Crippen LogP contribution is -2.46. The lowest BCUT2D eigenvalue weighted by atomic mass is 10.2. The number of hydrogen-bond acceptors (Lipinski definition) is 4. The highest BCUT2D eigenvalue weighted by atomic mass is 35.5. The molecule has 2 amide bonds. The molecule has 122 valence electrons. The van der Waals surface area contributed by atoms with Gasteiger partial charge < -0.3 is 10.6 Å². The van der Waals surface area contributed by atoms with Gasteiger partial charge in [-0.2, -0.15) is 13.9 Å². The molecule has 0 fully saturated rings. The Hall–Kier alpha value is -2.55. The Kier molecular flexibility index (Phi) is 4.89. The zero-order valence-corrected chi connectivity index (χ0v) is 12.6. The number of carbonyl (C=O) groups excluding carboxylic acids is 2. The number of benzene rings is 1. The molecule has 1 aromatic heterocycles. The van der Waals surface area contributed by atoms with Gasteiger partial charge in [0.15, 0.2) is 0 Å². The number of nitrogens with zero attached hydrogens (tertiary/aromatic N) is 3. The van der Waals surface area contributed by atoms with Crippen molar-refractivity contribution < 1.29 is 18.4 Å². The van der Waals surface area contributed by atoms with Crippen LogP contribution in [-0.4, -0.2) is 38.0 Å². The van der Waals surface area contributed by atoms with Gasteiger partial charge >= 0.3 is 11.3 Å². The molecule has 1 heterocycles. The molecule has 23 heavy (non-hydrogen) atoms. The Morgan fingerprint density at radius 2 is 1.96 bits per heavy atom. The van der Waals surface area contributed by atoms with Gasteiger partial charge in [-0.15, -0.1) is 0 Å². The summed E-state index contributed by atoms with van der Waals surface area (Å²) in [6.45, 7) is 1.26. The van der Waals surface area contributed by atoms with Crippen LogP contribution in [0.3, 0.4) is 0 Å². The van der Waals surface area contributed by atoms with E-state index in [1.54, 1.807) is 24.3 Å². The minimum Gasteiger partial charge on any atom is -0.338 e. The van der Waals surface area contributed by atoms with E-state index in [2.05, 4.69) is 27.0 Å². The minimum atomic E-state index is -4.06. The molecule has 0 aliphatic carbocycles. The van der Waals surface area contributed by atoms with E-state index in [1.807, 2.05) is 5.32 Å². The van der Waals surface area contributed by atoms with Crippen molar-refractivity contribution in [1.82, 2.24) is 20.1 Å². The largest absolute Gasteiger partial charge is 0.399 e. The number of nitrogens with one attached hydrogen (secondary N) is 2. The molecule has 0 saturated carbocycles. The van der Waals surface area contributed by atoms with Crippen LogP contribution in [-0.2, 0) is 9.59 Å². The van der Waals surface area contributed by atoms with Crippen molar-refractivity contribution >= 4 is 29.1 Å². The molecule has 0 aliphatic heterocycles. The quantitative estimate of drug-likeness (QED) is 0.806. The molecule has 7 nitrogen and oxygen atoms in total. The minimum absolute atomic E-state index is 0.428. The second-order valence-corrected chi connectivity index (χ2v) is 5.04. The van der Waals surface area contributed by atoms with Crippen molar-refractivity contribution in [2.24, 2.45) is 0 Å². The third-order valence-corrected chi connectivity index (χ3v) is 2.99. The van der Waals surface area contributed by atoms with Crippen LogP contribution < -0.4 is 10.6 Å². The summed E-state index contributed by atoms with van der Waals surface area (Å²) in [5, 5.41) is 4.19. The monoisotopic (exact) mass is 343 g/mol. The number of hydrogen-bond donors (Lipinski definition) is 2. The van der Waals surface area contributed by atoms with E-state index < -0.39 is 23.2 Å². The number of carbonyl (C=O) groups is 2. The SMILES string of the molecule is C[C@@H](NC(=O)C(F)(F)Cl)C(=O)Nc1ccc(-n2cncn2)cc1. The van der Waals surface area contributed by atoms with E-state index in [-0.39, 0.29) is 0 Å². The van der Waals surface area contributed by atoms with E-state index in [9.17, 15) is 18.4 Å². The number of anilines is 1. The van der Waals surface area contributed by atoms with Crippen LogP contribution in [0.15, 0.2) is 36.9 Å². The van der Waals surface area contributed by atoms with E-state index in [4.69, 9.17) is 0 Å². The number of aromatic nitrogens is 3. The number of halogens is 3. The molecular weight excluding hydrogens is 332 g/mol. The van der Waals surface area contributed by atoms with Crippen LogP contribution in [0.4, 0.5) is 14.5 Å².